The average molecular weight is 227 g/mol. The number of rotatable bonds is 5. The zero-order valence-electron chi connectivity index (χ0n) is 9.03. The Hall–Kier alpha value is -0.550. The van der Waals surface area contributed by atoms with Gasteiger partial charge in [0.1, 0.15) is 0 Å². The molecule has 5 heteroatoms. The third-order valence-corrected chi connectivity index (χ3v) is 3.66. The van der Waals surface area contributed by atoms with E-state index < -0.39 is 0 Å². The summed E-state index contributed by atoms with van der Waals surface area (Å²) in [6.45, 7) is 2.90. The highest BCUT2D eigenvalue weighted by Gasteiger charge is 2.13. The van der Waals surface area contributed by atoms with Gasteiger partial charge in [-0.05, 0) is 32.1 Å². The summed E-state index contributed by atoms with van der Waals surface area (Å²) in [5.74, 6) is 4.06. The van der Waals surface area contributed by atoms with E-state index >= 15 is 0 Å². The molecule has 1 unspecified atom stereocenters. The van der Waals surface area contributed by atoms with E-state index in [4.69, 9.17) is 4.52 Å². The summed E-state index contributed by atoms with van der Waals surface area (Å²) in [4.78, 5) is 4.17. The van der Waals surface area contributed by atoms with E-state index in [9.17, 15) is 0 Å². The van der Waals surface area contributed by atoms with Crippen LogP contribution in [0.15, 0.2) is 4.52 Å². The van der Waals surface area contributed by atoms with Crippen molar-refractivity contribution in [3.63, 3.8) is 0 Å². The molecule has 15 heavy (non-hydrogen) atoms. The van der Waals surface area contributed by atoms with Crippen LogP contribution in [0, 0.1) is 6.92 Å². The molecule has 1 saturated heterocycles. The maximum Gasteiger partial charge on any atom is 0.226 e. The fourth-order valence-corrected chi connectivity index (χ4v) is 2.87. The first-order valence-electron chi connectivity index (χ1n) is 5.45. The van der Waals surface area contributed by atoms with Crippen LogP contribution < -0.4 is 5.32 Å². The van der Waals surface area contributed by atoms with Gasteiger partial charge in [-0.2, -0.15) is 16.7 Å². The molecule has 84 valence electrons. The molecule has 0 radical (unpaired) electrons. The lowest BCUT2D eigenvalue weighted by Crippen LogP contribution is -2.29. The standard InChI is InChI=1S/C10H17N3OS/c1-8-12-10(14-13-8)3-2-5-11-9-4-6-15-7-9/h9,11H,2-7H2,1H3. The van der Waals surface area contributed by atoms with E-state index in [-0.39, 0.29) is 0 Å². The first-order chi connectivity index (χ1) is 7.34. The van der Waals surface area contributed by atoms with E-state index in [1.807, 2.05) is 18.7 Å². The second-order valence-corrected chi connectivity index (χ2v) is 5.00. The van der Waals surface area contributed by atoms with Crippen LogP contribution in [0.4, 0.5) is 0 Å². The Morgan fingerprint density at radius 3 is 3.20 bits per heavy atom. The Morgan fingerprint density at radius 1 is 1.60 bits per heavy atom. The van der Waals surface area contributed by atoms with Crippen molar-refractivity contribution in [2.24, 2.45) is 0 Å². The molecule has 0 saturated carbocycles. The topological polar surface area (TPSA) is 51.0 Å². The minimum atomic E-state index is 0.722. The first-order valence-corrected chi connectivity index (χ1v) is 6.60. The molecule has 0 spiro atoms. The third kappa shape index (κ3) is 3.50. The van der Waals surface area contributed by atoms with Crippen LogP contribution in [-0.4, -0.2) is 34.2 Å². The number of nitrogens with one attached hydrogen (secondary N) is 1. The predicted octanol–water partition coefficient (Wildman–Crippen LogP) is 1.41. The van der Waals surface area contributed by atoms with Gasteiger partial charge in [-0.1, -0.05) is 5.16 Å². The zero-order valence-corrected chi connectivity index (χ0v) is 9.85. The monoisotopic (exact) mass is 227 g/mol. The number of nitrogens with zero attached hydrogens (tertiary/aromatic N) is 2. The SMILES string of the molecule is Cc1noc(CCCNC2CCSC2)n1. The van der Waals surface area contributed by atoms with Crippen molar-refractivity contribution < 1.29 is 4.52 Å². The van der Waals surface area contributed by atoms with Crippen molar-refractivity contribution in [1.29, 1.82) is 0 Å². The smallest absolute Gasteiger partial charge is 0.226 e. The third-order valence-electron chi connectivity index (χ3n) is 2.50. The minimum absolute atomic E-state index is 0.722. The fraction of sp³-hybridized carbons (Fsp3) is 0.800. The van der Waals surface area contributed by atoms with Gasteiger partial charge in [-0.25, -0.2) is 0 Å². The van der Waals surface area contributed by atoms with E-state index in [1.165, 1.54) is 17.9 Å². The lowest BCUT2D eigenvalue weighted by Gasteiger charge is -2.09. The summed E-state index contributed by atoms with van der Waals surface area (Å²) < 4.78 is 5.04. The van der Waals surface area contributed by atoms with Crippen LogP contribution in [0.5, 0.6) is 0 Å². The average Bonchev–Trinajstić information content (AvgIpc) is 2.84. The van der Waals surface area contributed by atoms with Crippen LogP contribution in [0.3, 0.4) is 0 Å². The number of aryl methyl sites for hydroxylation is 2. The van der Waals surface area contributed by atoms with Crippen molar-refractivity contribution >= 4 is 11.8 Å². The van der Waals surface area contributed by atoms with E-state index in [2.05, 4.69) is 15.5 Å². The molecule has 0 aliphatic carbocycles. The quantitative estimate of drug-likeness (QED) is 0.771. The number of thioether (sulfide) groups is 1. The molecule has 4 nitrogen and oxygen atoms in total. The Bertz CT molecular complexity index is 297. The Balaban J connectivity index is 1.58. The van der Waals surface area contributed by atoms with Crippen LogP contribution in [-0.2, 0) is 6.42 Å². The molecule has 1 fully saturated rings. The maximum absolute atomic E-state index is 5.04. The van der Waals surface area contributed by atoms with Gasteiger partial charge >= 0.3 is 0 Å². The molecule has 0 aromatic carbocycles. The molecule has 1 aliphatic rings. The molecule has 1 N–H and O–H groups in total. The fourth-order valence-electron chi connectivity index (χ4n) is 1.68. The highest BCUT2D eigenvalue weighted by Crippen LogP contribution is 2.16. The summed E-state index contributed by atoms with van der Waals surface area (Å²) in [5, 5.41) is 7.31. The summed E-state index contributed by atoms with van der Waals surface area (Å²) in [6, 6.07) is 0.722. The van der Waals surface area contributed by atoms with Crippen LogP contribution in [0.25, 0.3) is 0 Å². The van der Waals surface area contributed by atoms with Crippen molar-refractivity contribution in [3.8, 4) is 0 Å². The van der Waals surface area contributed by atoms with Gasteiger partial charge in [0.15, 0.2) is 5.82 Å². The summed E-state index contributed by atoms with van der Waals surface area (Å²) >= 11 is 2.04. The highest BCUT2D eigenvalue weighted by atomic mass is 32.2. The zero-order chi connectivity index (χ0) is 10.5. The molecule has 1 aromatic heterocycles. The van der Waals surface area contributed by atoms with Gasteiger partial charge in [0.25, 0.3) is 0 Å². The van der Waals surface area contributed by atoms with Crippen LogP contribution in [0.2, 0.25) is 0 Å². The van der Waals surface area contributed by atoms with Gasteiger partial charge < -0.3 is 9.84 Å². The van der Waals surface area contributed by atoms with Crippen LogP contribution in [0.1, 0.15) is 24.6 Å². The van der Waals surface area contributed by atoms with Gasteiger partial charge in [0, 0.05) is 18.2 Å². The molecule has 2 rings (SSSR count). The van der Waals surface area contributed by atoms with Gasteiger partial charge in [-0.3, -0.25) is 0 Å². The first kappa shape index (κ1) is 11.0. The number of aromatic nitrogens is 2. The molecular formula is C10H17N3OS. The second kappa shape index (κ2) is 5.51. The minimum Gasteiger partial charge on any atom is -0.339 e. The molecule has 1 aromatic rings. The van der Waals surface area contributed by atoms with Crippen LogP contribution >= 0.6 is 11.8 Å². The maximum atomic E-state index is 5.04. The normalized spacial score (nSPS) is 21.0. The molecule has 0 amide bonds. The number of hydrogen-bond donors (Lipinski definition) is 1. The highest BCUT2D eigenvalue weighted by molar-refractivity contribution is 7.99. The lowest BCUT2D eigenvalue weighted by molar-refractivity contribution is 0.370. The molecule has 1 atom stereocenters. The van der Waals surface area contributed by atoms with Crippen molar-refractivity contribution in [2.45, 2.75) is 32.2 Å². The van der Waals surface area contributed by atoms with Crippen molar-refractivity contribution in [1.82, 2.24) is 15.5 Å². The molecular weight excluding hydrogens is 210 g/mol. The molecule has 1 aliphatic heterocycles. The number of hydrogen-bond acceptors (Lipinski definition) is 5. The Kier molecular flexibility index (Phi) is 4.02. The Morgan fingerprint density at radius 2 is 2.53 bits per heavy atom. The molecule has 0 bridgehead atoms. The largest absolute Gasteiger partial charge is 0.339 e. The van der Waals surface area contributed by atoms with Crippen molar-refractivity contribution in [2.75, 3.05) is 18.1 Å². The van der Waals surface area contributed by atoms with E-state index in [1.54, 1.807) is 0 Å². The van der Waals surface area contributed by atoms with E-state index in [0.29, 0.717) is 0 Å². The Labute approximate surface area is 94.2 Å². The summed E-state index contributed by atoms with van der Waals surface area (Å²) in [6.07, 6.45) is 3.26. The summed E-state index contributed by atoms with van der Waals surface area (Å²) in [5.41, 5.74) is 0. The summed E-state index contributed by atoms with van der Waals surface area (Å²) in [7, 11) is 0. The van der Waals surface area contributed by atoms with Gasteiger partial charge in [-0.15, -0.1) is 0 Å². The molecule has 2 heterocycles. The van der Waals surface area contributed by atoms with Gasteiger partial charge in [0.05, 0.1) is 0 Å². The second-order valence-electron chi connectivity index (χ2n) is 3.85. The van der Waals surface area contributed by atoms with Gasteiger partial charge in [0.2, 0.25) is 5.89 Å². The lowest BCUT2D eigenvalue weighted by atomic mass is 10.2. The predicted molar refractivity (Wildman–Crippen MR) is 61.1 cm³/mol. The van der Waals surface area contributed by atoms with E-state index in [0.717, 1.165) is 37.1 Å². The van der Waals surface area contributed by atoms with Crippen molar-refractivity contribution in [3.05, 3.63) is 11.7 Å².